The average molecular weight is 290 g/mol. The largest absolute Gasteiger partial charge is 0.383 e. The van der Waals surface area contributed by atoms with Gasteiger partial charge >= 0.3 is 0 Å². The molecule has 1 aliphatic heterocycles. The van der Waals surface area contributed by atoms with E-state index < -0.39 is 9.84 Å². The topological polar surface area (TPSA) is 85.1 Å². The Balaban J connectivity index is 2.31. The Kier molecular flexibility index (Phi) is 3.79. The van der Waals surface area contributed by atoms with Gasteiger partial charge in [0, 0.05) is 17.8 Å². The van der Waals surface area contributed by atoms with Crippen LogP contribution in [-0.4, -0.2) is 32.0 Å². The molecule has 1 aromatic heterocycles. The minimum absolute atomic E-state index is 0.0163. The lowest BCUT2D eigenvalue weighted by atomic mass is 9.93. The minimum atomic E-state index is -2.92. The molecule has 0 bridgehead atoms. The normalized spacial score (nSPS) is 24.0. The first-order valence-electron chi connectivity index (χ1n) is 5.71. The third-order valence-electron chi connectivity index (χ3n) is 3.30. The van der Waals surface area contributed by atoms with E-state index in [9.17, 15) is 8.42 Å². The maximum absolute atomic E-state index is 11.5. The molecule has 0 spiro atoms. The Bertz CT molecular complexity index is 547. The van der Waals surface area contributed by atoms with Crippen LogP contribution in [0.2, 0.25) is 5.02 Å². The fourth-order valence-electron chi connectivity index (χ4n) is 2.45. The molecule has 2 rings (SSSR count). The van der Waals surface area contributed by atoms with E-state index >= 15 is 0 Å². The summed E-state index contributed by atoms with van der Waals surface area (Å²) in [5.41, 5.74) is 6.61. The van der Waals surface area contributed by atoms with E-state index in [0.29, 0.717) is 17.3 Å². The van der Waals surface area contributed by atoms with Crippen molar-refractivity contribution in [1.82, 2.24) is 10.3 Å². The van der Waals surface area contributed by atoms with Crippen molar-refractivity contribution >= 4 is 27.3 Å². The highest BCUT2D eigenvalue weighted by Crippen LogP contribution is 2.34. The highest BCUT2D eigenvalue weighted by molar-refractivity contribution is 7.91. The van der Waals surface area contributed by atoms with Crippen LogP contribution >= 0.6 is 11.6 Å². The molecule has 5 nitrogen and oxygen atoms in total. The van der Waals surface area contributed by atoms with E-state index in [2.05, 4.69) is 10.3 Å². The third kappa shape index (κ3) is 2.76. The molecule has 1 saturated heterocycles. The number of nitrogen functional groups attached to an aromatic ring is 1. The molecule has 2 heterocycles. The zero-order valence-corrected chi connectivity index (χ0v) is 11.6. The molecule has 2 unspecified atom stereocenters. The number of hydrogen-bond donors (Lipinski definition) is 2. The molecule has 0 aliphatic carbocycles. The second kappa shape index (κ2) is 5.03. The standard InChI is InChI=1S/C11H16ClN3O2S/c1-14-10(7-2-3-18(16,17)6-7)9-4-8(12)5-15-11(9)13/h4-5,7,10,14H,2-3,6H2,1H3,(H2,13,15). The van der Waals surface area contributed by atoms with Crippen LogP contribution in [0.3, 0.4) is 0 Å². The predicted octanol–water partition coefficient (Wildman–Crippen LogP) is 1.01. The van der Waals surface area contributed by atoms with Crippen LogP contribution in [0.5, 0.6) is 0 Å². The van der Waals surface area contributed by atoms with Crippen molar-refractivity contribution < 1.29 is 8.42 Å². The van der Waals surface area contributed by atoms with Crippen molar-refractivity contribution in [2.24, 2.45) is 5.92 Å². The van der Waals surface area contributed by atoms with E-state index in [4.69, 9.17) is 17.3 Å². The summed E-state index contributed by atoms with van der Waals surface area (Å²) in [7, 11) is -1.13. The van der Waals surface area contributed by atoms with Crippen molar-refractivity contribution in [3.8, 4) is 0 Å². The maximum Gasteiger partial charge on any atom is 0.150 e. The Labute approximate surface area is 112 Å². The summed E-state index contributed by atoms with van der Waals surface area (Å²) in [6.45, 7) is 0. The zero-order valence-electron chi connectivity index (χ0n) is 10.1. The lowest BCUT2D eigenvalue weighted by Gasteiger charge is -2.23. The number of nitrogens with one attached hydrogen (secondary N) is 1. The Morgan fingerprint density at radius 2 is 2.33 bits per heavy atom. The summed E-state index contributed by atoms with van der Waals surface area (Å²) in [4.78, 5) is 4.01. The molecule has 3 N–H and O–H groups in total. The van der Waals surface area contributed by atoms with Gasteiger partial charge in [-0.2, -0.15) is 0 Å². The first-order valence-corrected chi connectivity index (χ1v) is 7.91. The summed E-state index contributed by atoms with van der Waals surface area (Å²) >= 11 is 5.92. The number of hydrogen-bond acceptors (Lipinski definition) is 5. The monoisotopic (exact) mass is 289 g/mol. The molecule has 1 fully saturated rings. The zero-order chi connectivity index (χ0) is 13.3. The molecule has 1 aromatic rings. The quantitative estimate of drug-likeness (QED) is 0.867. The molecule has 0 saturated carbocycles. The Morgan fingerprint density at radius 3 is 2.89 bits per heavy atom. The van der Waals surface area contributed by atoms with E-state index in [1.807, 2.05) is 0 Å². The highest BCUT2D eigenvalue weighted by atomic mass is 35.5. The van der Waals surface area contributed by atoms with Crippen molar-refractivity contribution in [2.75, 3.05) is 24.3 Å². The van der Waals surface area contributed by atoms with Gasteiger partial charge in [0.2, 0.25) is 0 Å². The number of nitrogens with zero attached hydrogens (tertiary/aromatic N) is 1. The SMILES string of the molecule is CNC(c1cc(Cl)cnc1N)C1CCS(=O)(=O)C1. The van der Waals surface area contributed by atoms with Gasteiger partial charge in [-0.05, 0) is 25.5 Å². The molecule has 0 aromatic carbocycles. The van der Waals surface area contributed by atoms with Gasteiger partial charge in [-0.1, -0.05) is 11.6 Å². The molecule has 1 aliphatic rings. The maximum atomic E-state index is 11.5. The average Bonchev–Trinajstić information content (AvgIpc) is 2.65. The fraction of sp³-hybridized carbons (Fsp3) is 0.545. The number of pyridine rings is 1. The Morgan fingerprint density at radius 1 is 1.61 bits per heavy atom. The highest BCUT2D eigenvalue weighted by Gasteiger charge is 2.34. The van der Waals surface area contributed by atoms with Crippen molar-refractivity contribution in [2.45, 2.75) is 12.5 Å². The van der Waals surface area contributed by atoms with Crippen LogP contribution in [0, 0.1) is 5.92 Å². The first kappa shape index (κ1) is 13.6. The van der Waals surface area contributed by atoms with Gasteiger partial charge in [-0.3, -0.25) is 0 Å². The lowest BCUT2D eigenvalue weighted by Crippen LogP contribution is -2.27. The number of sulfone groups is 1. The number of rotatable bonds is 3. The van der Waals surface area contributed by atoms with Gasteiger partial charge in [0.25, 0.3) is 0 Å². The predicted molar refractivity (Wildman–Crippen MR) is 72.2 cm³/mol. The molecule has 0 amide bonds. The van der Waals surface area contributed by atoms with Crippen molar-refractivity contribution in [3.05, 3.63) is 22.8 Å². The smallest absolute Gasteiger partial charge is 0.150 e. The number of nitrogens with two attached hydrogens (primary N) is 1. The number of halogens is 1. The second-order valence-electron chi connectivity index (χ2n) is 4.56. The molecule has 100 valence electrons. The van der Waals surface area contributed by atoms with Crippen LogP contribution < -0.4 is 11.1 Å². The number of anilines is 1. The van der Waals surface area contributed by atoms with Crippen LogP contribution in [0.1, 0.15) is 18.0 Å². The Hall–Kier alpha value is -0.850. The van der Waals surface area contributed by atoms with Gasteiger partial charge in [0.15, 0.2) is 9.84 Å². The van der Waals surface area contributed by atoms with Gasteiger partial charge in [-0.15, -0.1) is 0 Å². The summed E-state index contributed by atoms with van der Waals surface area (Å²) in [5, 5.41) is 3.62. The van der Waals surface area contributed by atoms with Crippen LogP contribution in [0.4, 0.5) is 5.82 Å². The van der Waals surface area contributed by atoms with Gasteiger partial charge in [-0.25, -0.2) is 13.4 Å². The van der Waals surface area contributed by atoms with Gasteiger partial charge < -0.3 is 11.1 Å². The van der Waals surface area contributed by atoms with E-state index in [0.717, 1.165) is 5.56 Å². The van der Waals surface area contributed by atoms with Gasteiger partial charge in [0.05, 0.1) is 16.5 Å². The molecular formula is C11H16ClN3O2S. The van der Waals surface area contributed by atoms with Crippen LogP contribution in [0.25, 0.3) is 0 Å². The van der Waals surface area contributed by atoms with Crippen molar-refractivity contribution in [3.63, 3.8) is 0 Å². The lowest BCUT2D eigenvalue weighted by molar-refractivity contribution is 0.419. The molecule has 2 atom stereocenters. The molecular weight excluding hydrogens is 274 g/mol. The second-order valence-corrected chi connectivity index (χ2v) is 7.22. The fourth-order valence-corrected chi connectivity index (χ4v) is 4.45. The molecule has 0 radical (unpaired) electrons. The van der Waals surface area contributed by atoms with E-state index in [1.54, 1.807) is 13.1 Å². The van der Waals surface area contributed by atoms with E-state index in [1.165, 1.54) is 6.20 Å². The summed E-state index contributed by atoms with van der Waals surface area (Å²) in [5.74, 6) is 0.833. The minimum Gasteiger partial charge on any atom is -0.383 e. The summed E-state index contributed by atoms with van der Waals surface area (Å²) in [6.07, 6.45) is 2.12. The first-order chi connectivity index (χ1) is 8.43. The molecule has 7 heteroatoms. The third-order valence-corrected chi connectivity index (χ3v) is 5.30. The molecule has 18 heavy (non-hydrogen) atoms. The van der Waals surface area contributed by atoms with Crippen LogP contribution in [0.15, 0.2) is 12.3 Å². The summed E-state index contributed by atoms with van der Waals surface area (Å²) < 4.78 is 23.1. The van der Waals surface area contributed by atoms with Crippen molar-refractivity contribution in [1.29, 1.82) is 0 Å². The van der Waals surface area contributed by atoms with Gasteiger partial charge in [0.1, 0.15) is 5.82 Å². The number of aromatic nitrogens is 1. The van der Waals surface area contributed by atoms with E-state index in [-0.39, 0.29) is 23.5 Å². The summed E-state index contributed by atoms with van der Waals surface area (Å²) in [6, 6.07) is 1.61. The van der Waals surface area contributed by atoms with Crippen LogP contribution in [-0.2, 0) is 9.84 Å².